The maximum atomic E-state index is 11.6. The highest BCUT2D eigenvalue weighted by Crippen LogP contribution is 2.26. The maximum absolute atomic E-state index is 11.6. The highest BCUT2D eigenvalue weighted by molar-refractivity contribution is 7.15. The Labute approximate surface area is 137 Å². The summed E-state index contributed by atoms with van der Waals surface area (Å²) in [5.41, 5.74) is 0.945. The van der Waals surface area contributed by atoms with Gasteiger partial charge in [-0.3, -0.25) is 4.79 Å². The van der Waals surface area contributed by atoms with Gasteiger partial charge in [0.05, 0.1) is 0 Å². The summed E-state index contributed by atoms with van der Waals surface area (Å²) in [6.07, 6.45) is 2.81. The third-order valence-electron chi connectivity index (χ3n) is 2.77. The summed E-state index contributed by atoms with van der Waals surface area (Å²) in [5, 5.41) is 7.63. The number of hydrogen-bond acceptors (Lipinski definition) is 4. The molecule has 0 radical (unpaired) electrons. The fourth-order valence-corrected chi connectivity index (χ4v) is 2.96. The van der Waals surface area contributed by atoms with Crippen molar-refractivity contribution in [1.82, 2.24) is 10.3 Å². The first-order valence-corrected chi connectivity index (χ1v) is 7.99. The summed E-state index contributed by atoms with van der Waals surface area (Å²) < 4.78 is 0. The van der Waals surface area contributed by atoms with Crippen LogP contribution < -0.4 is 10.6 Å². The number of carbonyl (C=O) groups is 1. The van der Waals surface area contributed by atoms with Crippen LogP contribution in [0, 0.1) is 0 Å². The molecule has 0 aliphatic rings. The Morgan fingerprint density at radius 3 is 2.95 bits per heavy atom. The highest BCUT2D eigenvalue weighted by atomic mass is 35.5. The fourth-order valence-electron chi connectivity index (χ4n) is 1.73. The van der Waals surface area contributed by atoms with Gasteiger partial charge in [-0.25, -0.2) is 4.98 Å². The number of carbonyl (C=O) groups excluding carboxylic acids is 1. The molecule has 7 heteroatoms. The summed E-state index contributed by atoms with van der Waals surface area (Å²) in [6.45, 7) is 0.641. The van der Waals surface area contributed by atoms with Gasteiger partial charge in [-0.1, -0.05) is 23.2 Å². The van der Waals surface area contributed by atoms with E-state index in [1.54, 1.807) is 18.3 Å². The standard InChI is InChI=1S/C14H15Cl2N3OS/c1-17-5-4-13(20)19-14-18-8-11(21-14)7-9-6-10(15)2-3-12(9)16/h2-3,6,8,17H,4-5,7H2,1H3,(H,18,19,20). The van der Waals surface area contributed by atoms with Gasteiger partial charge in [0.1, 0.15) is 0 Å². The van der Waals surface area contributed by atoms with Crippen LogP contribution >= 0.6 is 34.5 Å². The van der Waals surface area contributed by atoms with Crippen molar-refractivity contribution in [2.75, 3.05) is 18.9 Å². The van der Waals surface area contributed by atoms with Crippen molar-refractivity contribution in [2.24, 2.45) is 0 Å². The van der Waals surface area contributed by atoms with E-state index >= 15 is 0 Å². The summed E-state index contributed by atoms with van der Waals surface area (Å²) in [6, 6.07) is 5.38. The molecule has 21 heavy (non-hydrogen) atoms. The van der Waals surface area contributed by atoms with Crippen molar-refractivity contribution >= 4 is 45.6 Å². The molecule has 0 spiro atoms. The molecule has 2 N–H and O–H groups in total. The van der Waals surface area contributed by atoms with Gasteiger partial charge in [0, 0.05) is 40.5 Å². The second-order valence-corrected chi connectivity index (χ2v) is 6.40. The first kappa shape index (κ1) is 16.2. The lowest BCUT2D eigenvalue weighted by molar-refractivity contribution is -0.116. The average Bonchev–Trinajstić information content (AvgIpc) is 2.88. The summed E-state index contributed by atoms with van der Waals surface area (Å²) >= 11 is 13.6. The van der Waals surface area contributed by atoms with Gasteiger partial charge in [0.15, 0.2) is 5.13 Å². The molecule has 2 rings (SSSR count). The van der Waals surface area contributed by atoms with E-state index < -0.39 is 0 Å². The molecule has 1 aromatic carbocycles. The molecule has 0 bridgehead atoms. The zero-order valence-corrected chi connectivity index (χ0v) is 13.8. The van der Waals surface area contributed by atoms with Crippen LogP contribution in [0.25, 0.3) is 0 Å². The van der Waals surface area contributed by atoms with Crippen LogP contribution in [0.5, 0.6) is 0 Å². The molecular formula is C14H15Cl2N3OS. The molecule has 0 aliphatic carbocycles. The number of nitrogens with one attached hydrogen (secondary N) is 2. The molecule has 2 aromatic rings. The van der Waals surface area contributed by atoms with Crippen LogP contribution in [0.2, 0.25) is 10.0 Å². The van der Waals surface area contributed by atoms with Gasteiger partial charge in [-0.2, -0.15) is 0 Å². The molecule has 0 aliphatic heterocycles. The Bertz CT molecular complexity index is 630. The minimum atomic E-state index is -0.0500. The predicted octanol–water partition coefficient (Wildman–Crippen LogP) is 3.59. The largest absolute Gasteiger partial charge is 0.319 e. The summed E-state index contributed by atoms with van der Waals surface area (Å²) in [7, 11) is 1.81. The van der Waals surface area contributed by atoms with E-state index in [4.69, 9.17) is 23.2 Å². The topological polar surface area (TPSA) is 54.0 Å². The second kappa shape index (κ2) is 7.75. The second-order valence-electron chi connectivity index (χ2n) is 4.45. The van der Waals surface area contributed by atoms with E-state index in [0.717, 1.165) is 10.4 Å². The van der Waals surface area contributed by atoms with Crippen LogP contribution in [0.15, 0.2) is 24.4 Å². The third-order valence-corrected chi connectivity index (χ3v) is 4.29. The molecule has 1 heterocycles. The smallest absolute Gasteiger partial charge is 0.227 e. The highest BCUT2D eigenvalue weighted by Gasteiger charge is 2.09. The van der Waals surface area contributed by atoms with Gasteiger partial charge >= 0.3 is 0 Å². The molecule has 4 nitrogen and oxygen atoms in total. The zero-order chi connectivity index (χ0) is 15.2. The monoisotopic (exact) mass is 343 g/mol. The molecular weight excluding hydrogens is 329 g/mol. The molecule has 112 valence electrons. The molecule has 0 atom stereocenters. The first-order chi connectivity index (χ1) is 10.1. The Balaban J connectivity index is 2.00. The Morgan fingerprint density at radius 1 is 1.38 bits per heavy atom. The van der Waals surface area contributed by atoms with E-state index in [9.17, 15) is 4.79 Å². The lowest BCUT2D eigenvalue weighted by Gasteiger charge is -2.02. The predicted molar refractivity (Wildman–Crippen MR) is 88.6 cm³/mol. The minimum Gasteiger partial charge on any atom is -0.319 e. The minimum absolute atomic E-state index is 0.0500. The van der Waals surface area contributed by atoms with E-state index in [1.807, 2.05) is 13.1 Å². The van der Waals surface area contributed by atoms with Crippen LogP contribution in [0.1, 0.15) is 16.9 Å². The molecule has 0 fully saturated rings. The Kier molecular flexibility index (Phi) is 5.99. The number of amides is 1. The number of benzene rings is 1. The number of aromatic nitrogens is 1. The molecule has 1 amide bonds. The lowest BCUT2D eigenvalue weighted by atomic mass is 10.1. The molecule has 0 unspecified atom stereocenters. The Morgan fingerprint density at radius 2 is 2.19 bits per heavy atom. The molecule has 0 saturated carbocycles. The zero-order valence-electron chi connectivity index (χ0n) is 11.5. The normalized spacial score (nSPS) is 10.6. The van der Waals surface area contributed by atoms with Gasteiger partial charge in [-0.05, 0) is 30.8 Å². The van der Waals surface area contributed by atoms with Crippen LogP contribution in [-0.2, 0) is 11.2 Å². The first-order valence-electron chi connectivity index (χ1n) is 6.41. The van der Waals surface area contributed by atoms with Crippen LogP contribution in [-0.4, -0.2) is 24.5 Å². The van der Waals surface area contributed by atoms with Crippen molar-refractivity contribution in [2.45, 2.75) is 12.8 Å². The number of thiazole rings is 1. The molecule has 1 aromatic heterocycles. The van der Waals surface area contributed by atoms with E-state index in [0.29, 0.717) is 34.6 Å². The van der Waals surface area contributed by atoms with Crippen molar-refractivity contribution in [1.29, 1.82) is 0 Å². The summed E-state index contributed by atoms with van der Waals surface area (Å²) in [5.74, 6) is -0.0500. The van der Waals surface area contributed by atoms with E-state index in [2.05, 4.69) is 15.6 Å². The van der Waals surface area contributed by atoms with Gasteiger partial charge in [0.2, 0.25) is 5.91 Å². The third kappa shape index (κ3) is 4.97. The maximum Gasteiger partial charge on any atom is 0.227 e. The van der Waals surface area contributed by atoms with Crippen LogP contribution in [0.3, 0.4) is 0 Å². The Hall–Kier alpha value is -1.14. The number of rotatable bonds is 6. The van der Waals surface area contributed by atoms with E-state index in [1.165, 1.54) is 11.3 Å². The van der Waals surface area contributed by atoms with Crippen LogP contribution in [0.4, 0.5) is 5.13 Å². The number of nitrogens with zero attached hydrogens (tertiary/aromatic N) is 1. The number of hydrogen-bond donors (Lipinski definition) is 2. The van der Waals surface area contributed by atoms with Gasteiger partial charge < -0.3 is 10.6 Å². The average molecular weight is 344 g/mol. The van der Waals surface area contributed by atoms with Crippen molar-refractivity contribution < 1.29 is 4.79 Å². The summed E-state index contributed by atoms with van der Waals surface area (Å²) in [4.78, 5) is 16.8. The molecule has 0 saturated heterocycles. The van der Waals surface area contributed by atoms with Crippen molar-refractivity contribution in [3.05, 3.63) is 44.9 Å². The number of halogens is 2. The van der Waals surface area contributed by atoms with Gasteiger partial charge in [-0.15, -0.1) is 11.3 Å². The SMILES string of the molecule is CNCCC(=O)Nc1ncc(Cc2cc(Cl)ccc2Cl)s1. The fraction of sp³-hybridized carbons (Fsp3) is 0.286. The lowest BCUT2D eigenvalue weighted by Crippen LogP contribution is -2.18. The van der Waals surface area contributed by atoms with E-state index in [-0.39, 0.29) is 5.91 Å². The van der Waals surface area contributed by atoms with Gasteiger partial charge in [0.25, 0.3) is 0 Å². The quantitative estimate of drug-likeness (QED) is 0.842. The number of anilines is 1. The van der Waals surface area contributed by atoms with Crippen molar-refractivity contribution in [3.63, 3.8) is 0 Å². The van der Waals surface area contributed by atoms with Crippen molar-refractivity contribution in [3.8, 4) is 0 Å².